The minimum atomic E-state index is -0.911. The number of hydrogen-bond donors (Lipinski definition) is 2. The molecule has 0 saturated carbocycles. The minimum absolute atomic E-state index is 0.0624. The Kier molecular flexibility index (Phi) is 5.86. The van der Waals surface area contributed by atoms with E-state index in [0.29, 0.717) is 6.54 Å². The summed E-state index contributed by atoms with van der Waals surface area (Å²) in [4.78, 5) is 24.7. The first-order valence-electron chi connectivity index (χ1n) is 7.96. The van der Waals surface area contributed by atoms with Crippen molar-refractivity contribution in [3.8, 4) is 0 Å². The molecule has 2 heterocycles. The number of nitrogens with zero attached hydrogens (tertiary/aromatic N) is 1. The van der Waals surface area contributed by atoms with Crippen LogP contribution in [0.25, 0.3) is 0 Å². The number of carboxylic acid groups (broad SMARTS) is 1. The van der Waals surface area contributed by atoms with Gasteiger partial charge in [0.05, 0.1) is 12.5 Å². The number of carbonyl (C=O) groups excluding carboxylic acids is 1. The van der Waals surface area contributed by atoms with Crippen LogP contribution in [0.1, 0.15) is 56.6 Å². The van der Waals surface area contributed by atoms with Gasteiger partial charge >= 0.3 is 12.0 Å². The van der Waals surface area contributed by atoms with E-state index in [0.717, 1.165) is 43.6 Å². The molecule has 2 rings (SSSR count). The van der Waals surface area contributed by atoms with Crippen LogP contribution >= 0.6 is 0 Å². The molecule has 0 aliphatic carbocycles. The molecule has 0 bridgehead atoms. The molecular weight excluding hydrogens is 284 g/mol. The largest absolute Gasteiger partial charge is 0.481 e. The summed E-state index contributed by atoms with van der Waals surface area (Å²) in [6.07, 6.45) is 4.76. The Balaban J connectivity index is 2.06. The predicted molar refractivity (Wildman–Crippen MR) is 81.7 cm³/mol. The van der Waals surface area contributed by atoms with Crippen LogP contribution in [0.3, 0.4) is 0 Å². The molecule has 122 valence electrons. The van der Waals surface area contributed by atoms with Crippen LogP contribution in [-0.2, 0) is 11.2 Å². The van der Waals surface area contributed by atoms with Crippen LogP contribution in [0.15, 0.2) is 16.5 Å². The lowest BCUT2D eigenvalue weighted by atomic mass is 10.1. The molecule has 2 amide bonds. The summed E-state index contributed by atoms with van der Waals surface area (Å²) in [5.74, 6) is 0.837. The summed E-state index contributed by atoms with van der Waals surface area (Å²) in [5, 5.41) is 11.4. The van der Waals surface area contributed by atoms with Gasteiger partial charge < -0.3 is 19.7 Å². The van der Waals surface area contributed by atoms with Crippen LogP contribution in [0, 0.1) is 0 Å². The first kappa shape index (κ1) is 16.4. The summed E-state index contributed by atoms with van der Waals surface area (Å²) < 4.78 is 5.84. The fourth-order valence-corrected chi connectivity index (χ4v) is 2.79. The number of carbonyl (C=O) groups is 2. The van der Waals surface area contributed by atoms with E-state index in [4.69, 9.17) is 9.52 Å². The van der Waals surface area contributed by atoms with Gasteiger partial charge in [-0.05, 0) is 25.0 Å². The number of hydrogen-bond acceptors (Lipinski definition) is 3. The Morgan fingerprint density at radius 3 is 2.86 bits per heavy atom. The van der Waals surface area contributed by atoms with Gasteiger partial charge in [0.1, 0.15) is 11.5 Å². The molecule has 0 radical (unpaired) electrons. The number of carboxylic acids is 1. The van der Waals surface area contributed by atoms with Crippen LogP contribution < -0.4 is 5.32 Å². The van der Waals surface area contributed by atoms with E-state index >= 15 is 0 Å². The Morgan fingerprint density at radius 2 is 2.18 bits per heavy atom. The number of aliphatic carboxylic acids is 1. The van der Waals surface area contributed by atoms with Gasteiger partial charge in [0.15, 0.2) is 0 Å². The molecule has 1 aromatic rings. The molecule has 1 aliphatic heterocycles. The smallest absolute Gasteiger partial charge is 0.318 e. The highest BCUT2D eigenvalue weighted by atomic mass is 16.4. The van der Waals surface area contributed by atoms with E-state index in [9.17, 15) is 9.59 Å². The van der Waals surface area contributed by atoms with Gasteiger partial charge in [-0.1, -0.05) is 19.8 Å². The second-order valence-corrected chi connectivity index (χ2v) is 5.59. The highest BCUT2D eigenvalue weighted by Crippen LogP contribution is 2.31. The molecule has 2 N–H and O–H groups in total. The minimum Gasteiger partial charge on any atom is -0.481 e. The van der Waals surface area contributed by atoms with Crippen molar-refractivity contribution >= 4 is 12.0 Å². The molecular formula is C16H24N2O4. The topological polar surface area (TPSA) is 82.8 Å². The van der Waals surface area contributed by atoms with Gasteiger partial charge in [-0.2, -0.15) is 0 Å². The van der Waals surface area contributed by atoms with Crippen molar-refractivity contribution in [2.75, 3.05) is 13.1 Å². The standard InChI is InChI=1S/C16H24N2O4/c1-2-12-7-8-14(22-12)13-6-4-3-5-11-18(13)16(21)17-10-9-15(19)20/h7-8,13H,2-6,9-11H2,1H3,(H,17,21)(H,19,20). The van der Waals surface area contributed by atoms with Crippen LogP contribution in [0.4, 0.5) is 4.79 Å². The van der Waals surface area contributed by atoms with E-state index in [1.165, 1.54) is 0 Å². The van der Waals surface area contributed by atoms with Gasteiger partial charge in [-0.25, -0.2) is 4.79 Å². The van der Waals surface area contributed by atoms with Gasteiger partial charge in [-0.3, -0.25) is 4.79 Å². The number of aryl methyl sites for hydroxylation is 1. The van der Waals surface area contributed by atoms with Crippen molar-refractivity contribution in [1.82, 2.24) is 10.2 Å². The Morgan fingerprint density at radius 1 is 1.36 bits per heavy atom. The van der Waals surface area contributed by atoms with Crippen molar-refractivity contribution < 1.29 is 19.1 Å². The number of urea groups is 1. The van der Waals surface area contributed by atoms with Crippen molar-refractivity contribution in [2.45, 2.75) is 51.5 Å². The lowest BCUT2D eigenvalue weighted by Crippen LogP contribution is -2.42. The monoisotopic (exact) mass is 308 g/mol. The van der Waals surface area contributed by atoms with E-state index in [-0.39, 0.29) is 25.0 Å². The van der Waals surface area contributed by atoms with Gasteiger partial charge in [-0.15, -0.1) is 0 Å². The Bertz CT molecular complexity index is 512. The zero-order valence-corrected chi connectivity index (χ0v) is 13.0. The second kappa shape index (κ2) is 7.87. The third-order valence-corrected chi connectivity index (χ3v) is 3.99. The van der Waals surface area contributed by atoms with Crippen molar-refractivity contribution in [1.29, 1.82) is 0 Å². The molecule has 0 spiro atoms. The third-order valence-electron chi connectivity index (χ3n) is 3.99. The average Bonchev–Trinajstić information content (AvgIpc) is 2.83. The average molecular weight is 308 g/mol. The first-order valence-corrected chi connectivity index (χ1v) is 7.96. The van der Waals surface area contributed by atoms with Crippen LogP contribution in [0.5, 0.6) is 0 Å². The lowest BCUT2D eigenvalue weighted by molar-refractivity contribution is -0.136. The van der Waals surface area contributed by atoms with Crippen molar-refractivity contribution in [3.63, 3.8) is 0 Å². The first-order chi connectivity index (χ1) is 10.6. The highest BCUT2D eigenvalue weighted by molar-refractivity contribution is 5.75. The van der Waals surface area contributed by atoms with E-state index in [1.54, 1.807) is 4.90 Å². The summed E-state index contributed by atoms with van der Waals surface area (Å²) in [6, 6.07) is 3.64. The highest BCUT2D eigenvalue weighted by Gasteiger charge is 2.28. The molecule has 1 unspecified atom stereocenters. The van der Waals surface area contributed by atoms with Crippen molar-refractivity contribution in [2.24, 2.45) is 0 Å². The molecule has 1 fully saturated rings. The Labute approximate surface area is 130 Å². The molecule has 0 aromatic carbocycles. The van der Waals surface area contributed by atoms with E-state index < -0.39 is 5.97 Å². The van der Waals surface area contributed by atoms with Crippen LogP contribution in [0.2, 0.25) is 0 Å². The summed E-state index contributed by atoms with van der Waals surface area (Å²) >= 11 is 0. The maximum atomic E-state index is 12.4. The predicted octanol–water partition coefficient (Wildman–Crippen LogP) is 2.94. The fourth-order valence-electron chi connectivity index (χ4n) is 2.79. The maximum Gasteiger partial charge on any atom is 0.318 e. The fraction of sp³-hybridized carbons (Fsp3) is 0.625. The zero-order valence-electron chi connectivity index (χ0n) is 13.0. The molecule has 1 saturated heterocycles. The molecule has 1 aliphatic rings. The molecule has 6 nitrogen and oxygen atoms in total. The quantitative estimate of drug-likeness (QED) is 0.876. The van der Waals surface area contributed by atoms with E-state index in [1.807, 2.05) is 19.1 Å². The van der Waals surface area contributed by atoms with Gasteiger partial charge in [0, 0.05) is 19.5 Å². The molecule has 22 heavy (non-hydrogen) atoms. The lowest BCUT2D eigenvalue weighted by Gasteiger charge is -2.28. The van der Waals surface area contributed by atoms with Gasteiger partial charge in [0.2, 0.25) is 0 Å². The number of furan rings is 1. The third kappa shape index (κ3) is 4.26. The normalized spacial score (nSPS) is 18.8. The van der Waals surface area contributed by atoms with E-state index in [2.05, 4.69) is 5.32 Å². The summed E-state index contributed by atoms with van der Waals surface area (Å²) in [5.41, 5.74) is 0. The summed E-state index contributed by atoms with van der Waals surface area (Å²) in [6.45, 7) is 2.85. The molecule has 1 atom stereocenters. The number of amides is 2. The second-order valence-electron chi connectivity index (χ2n) is 5.59. The number of nitrogens with one attached hydrogen (secondary N) is 1. The Hall–Kier alpha value is -1.98. The molecule has 6 heteroatoms. The number of likely N-dealkylation sites (tertiary alicyclic amines) is 1. The van der Waals surface area contributed by atoms with Crippen molar-refractivity contribution in [3.05, 3.63) is 23.7 Å². The number of rotatable bonds is 5. The SMILES string of the molecule is CCc1ccc(C2CCCCCN2C(=O)NCCC(=O)O)o1. The maximum absolute atomic E-state index is 12.4. The zero-order chi connectivity index (χ0) is 15.9. The van der Waals surface area contributed by atoms with Gasteiger partial charge in [0.25, 0.3) is 0 Å². The molecule has 1 aromatic heterocycles. The van der Waals surface area contributed by atoms with Crippen LogP contribution in [-0.4, -0.2) is 35.1 Å². The summed E-state index contributed by atoms with van der Waals surface area (Å²) in [7, 11) is 0.